The smallest absolute Gasteiger partial charge is 0.250 e. The van der Waals surface area contributed by atoms with Gasteiger partial charge in [-0.2, -0.15) is 0 Å². The predicted octanol–water partition coefficient (Wildman–Crippen LogP) is 5.66. The van der Waals surface area contributed by atoms with Crippen molar-refractivity contribution in [2.24, 2.45) is 0 Å². The zero-order valence-electron chi connectivity index (χ0n) is 19.8. The van der Waals surface area contributed by atoms with Crippen LogP contribution in [0.1, 0.15) is 22.6 Å². The number of anilines is 1. The van der Waals surface area contributed by atoms with Crippen LogP contribution >= 0.6 is 11.3 Å². The van der Waals surface area contributed by atoms with Gasteiger partial charge in [-0.3, -0.25) is 10.1 Å². The molecule has 0 saturated heterocycles. The summed E-state index contributed by atoms with van der Waals surface area (Å²) in [5, 5.41) is 9.15. The minimum absolute atomic E-state index is 0.279. The molecule has 0 atom stereocenters. The number of rotatable bonds is 9. The average molecular weight is 492 g/mol. The molecule has 0 radical (unpaired) electrons. The Hall–Kier alpha value is -4.11. The molecule has 2 heterocycles. The molecule has 35 heavy (non-hydrogen) atoms. The third-order valence-corrected chi connectivity index (χ3v) is 6.05. The molecule has 2 aromatic carbocycles. The number of aryl methyl sites for hydroxylation is 2. The molecule has 9 heteroatoms. The Morgan fingerprint density at radius 2 is 1.89 bits per heavy atom. The molecule has 0 aliphatic heterocycles. The van der Waals surface area contributed by atoms with Gasteiger partial charge in [0.15, 0.2) is 16.6 Å². The lowest BCUT2D eigenvalue weighted by Gasteiger charge is -2.11. The molecule has 180 valence electrons. The predicted molar refractivity (Wildman–Crippen MR) is 135 cm³/mol. The Morgan fingerprint density at radius 3 is 2.57 bits per heavy atom. The SMILES string of the molecule is COc1ccc(-c2csc(NC(=O)/C=C\c3ccc(OCc4c(C)noc4C)c(OC)c3)n2)cc1. The van der Waals surface area contributed by atoms with E-state index < -0.39 is 0 Å². The molecule has 0 bridgehead atoms. The maximum Gasteiger partial charge on any atom is 0.250 e. The van der Waals surface area contributed by atoms with Crippen molar-refractivity contribution in [2.75, 3.05) is 19.5 Å². The van der Waals surface area contributed by atoms with Gasteiger partial charge >= 0.3 is 0 Å². The van der Waals surface area contributed by atoms with E-state index in [4.69, 9.17) is 18.7 Å². The standard InChI is InChI=1S/C26H25N3O5S/c1-16-21(17(2)34-29-16)14-33-23-11-5-18(13-24(23)32-4)6-12-25(30)28-26-27-22(15-35-26)19-7-9-20(31-3)10-8-19/h5-13,15H,14H2,1-4H3,(H,27,28,30)/b12-6-. The van der Waals surface area contributed by atoms with E-state index in [9.17, 15) is 4.79 Å². The monoisotopic (exact) mass is 491 g/mol. The number of ether oxygens (including phenoxy) is 3. The topological polar surface area (TPSA) is 95.7 Å². The molecule has 2 aromatic heterocycles. The maximum atomic E-state index is 12.4. The van der Waals surface area contributed by atoms with Crippen molar-refractivity contribution in [2.45, 2.75) is 20.5 Å². The van der Waals surface area contributed by atoms with Crippen molar-refractivity contribution >= 4 is 28.5 Å². The van der Waals surface area contributed by atoms with E-state index in [2.05, 4.69) is 15.5 Å². The summed E-state index contributed by atoms with van der Waals surface area (Å²) < 4.78 is 21.7. The minimum atomic E-state index is -0.279. The lowest BCUT2D eigenvalue weighted by Crippen LogP contribution is -2.07. The summed E-state index contributed by atoms with van der Waals surface area (Å²) in [6.45, 7) is 4.04. The van der Waals surface area contributed by atoms with Crippen molar-refractivity contribution in [3.63, 3.8) is 0 Å². The van der Waals surface area contributed by atoms with Crippen molar-refractivity contribution < 1.29 is 23.5 Å². The lowest BCUT2D eigenvalue weighted by molar-refractivity contribution is -0.111. The summed E-state index contributed by atoms with van der Waals surface area (Å²) in [6.07, 6.45) is 3.15. The first kappa shape index (κ1) is 24.0. The first-order valence-electron chi connectivity index (χ1n) is 10.8. The van der Waals surface area contributed by atoms with Crippen LogP contribution in [-0.4, -0.2) is 30.3 Å². The van der Waals surface area contributed by atoms with E-state index in [1.165, 1.54) is 17.4 Å². The van der Waals surface area contributed by atoms with Gasteiger partial charge in [-0.15, -0.1) is 11.3 Å². The molecule has 4 rings (SSSR count). The molecule has 0 fully saturated rings. The third-order valence-electron chi connectivity index (χ3n) is 5.29. The molecule has 1 amide bonds. The van der Waals surface area contributed by atoms with Gasteiger partial charge in [0.25, 0.3) is 0 Å². The molecule has 0 saturated carbocycles. The number of nitrogens with one attached hydrogen (secondary N) is 1. The lowest BCUT2D eigenvalue weighted by atomic mass is 10.2. The second-order valence-electron chi connectivity index (χ2n) is 7.59. The van der Waals surface area contributed by atoms with Crippen LogP contribution < -0.4 is 19.5 Å². The zero-order valence-corrected chi connectivity index (χ0v) is 20.6. The fourth-order valence-electron chi connectivity index (χ4n) is 3.31. The van der Waals surface area contributed by atoms with Crippen LogP contribution in [0.3, 0.4) is 0 Å². The molecule has 0 spiro atoms. The van der Waals surface area contributed by atoms with E-state index in [-0.39, 0.29) is 5.91 Å². The van der Waals surface area contributed by atoms with Crippen molar-refractivity contribution in [3.05, 3.63) is 76.5 Å². The van der Waals surface area contributed by atoms with E-state index in [0.717, 1.165) is 39.6 Å². The van der Waals surface area contributed by atoms with Gasteiger partial charge < -0.3 is 18.7 Å². The normalized spacial score (nSPS) is 11.0. The summed E-state index contributed by atoms with van der Waals surface area (Å²) >= 11 is 1.36. The van der Waals surface area contributed by atoms with E-state index in [1.54, 1.807) is 32.4 Å². The molecular formula is C26H25N3O5S. The van der Waals surface area contributed by atoms with Gasteiger partial charge in [0, 0.05) is 17.0 Å². The molecule has 0 unspecified atom stereocenters. The first-order chi connectivity index (χ1) is 17.0. The van der Waals surface area contributed by atoms with Gasteiger partial charge in [-0.05, 0) is 61.9 Å². The van der Waals surface area contributed by atoms with Crippen LogP contribution in [-0.2, 0) is 11.4 Å². The number of hydrogen-bond donors (Lipinski definition) is 1. The Morgan fingerprint density at radius 1 is 1.09 bits per heavy atom. The van der Waals surface area contributed by atoms with Crippen LogP contribution in [0, 0.1) is 13.8 Å². The second kappa shape index (κ2) is 10.9. The minimum Gasteiger partial charge on any atom is -0.497 e. The molecule has 0 aliphatic rings. The average Bonchev–Trinajstić information content (AvgIpc) is 3.47. The van der Waals surface area contributed by atoms with Crippen LogP contribution in [0.25, 0.3) is 17.3 Å². The van der Waals surface area contributed by atoms with Crippen LogP contribution in [0.4, 0.5) is 5.13 Å². The van der Waals surface area contributed by atoms with Crippen LogP contribution in [0.5, 0.6) is 17.2 Å². The summed E-state index contributed by atoms with van der Waals surface area (Å²) in [6, 6.07) is 13.0. The number of thiazole rings is 1. The fraction of sp³-hybridized carbons (Fsp3) is 0.192. The highest BCUT2D eigenvalue weighted by Crippen LogP contribution is 2.30. The fourth-order valence-corrected chi connectivity index (χ4v) is 4.03. The first-order valence-corrected chi connectivity index (χ1v) is 11.7. The Kier molecular flexibility index (Phi) is 7.47. The number of benzene rings is 2. The Bertz CT molecular complexity index is 1320. The van der Waals surface area contributed by atoms with Crippen molar-refractivity contribution in [3.8, 4) is 28.5 Å². The van der Waals surface area contributed by atoms with Crippen molar-refractivity contribution in [1.82, 2.24) is 10.1 Å². The number of methoxy groups -OCH3 is 2. The summed E-state index contributed by atoms with van der Waals surface area (Å²) in [5.74, 6) is 2.37. The Labute approximate surface area is 207 Å². The van der Waals surface area contributed by atoms with Gasteiger partial charge in [0.1, 0.15) is 18.1 Å². The van der Waals surface area contributed by atoms with Gasteiger partial charge in [-0.25, -0.2) is 4.98 Å². The Balaban J connectivity index is 1.37. The summed E-state index contributed by atoms with van der Waals surface area (Å²) in [7, 11) is 3.20. The molecule has 0 aliphatic carbocycles. The van der Waals surface area contributed by atoms with Crippen LogP contribution in [0.15, 0.2) is 58.4 Å². The van der Waals surface area contributed by atoms with E-state index in [1.807, 2.05) is 49.6 Å². The zero-order chi connectivity index (χ0) is 24.8. The number of aromatic nitrogens is 2. The number of carbonyl (C=O) groups excluding carboxylic acids is 1. The molecule has 8 nitrogen and oxygen atoms in total. The number of hydrogen-bond acceptors (Lipinski definition) is 8. The van der Waals surface area contributed by atoms with Crippen molar-refractivity contribution in [1.29, 1.82) is 0 Å². The van der Waals surface area contributed by atoms with Crippen LogP contribution in [0.2, 0.25) is 0 Å². The second-order valence-corrected chi connectivity index (χ2v) is 8.45. The largest absolute Gasteiger partial charge is 0.497 e. The molecule has 4 aromatic rings. The molecular weight excluding hydrogens is 466 g/mol. The van der Waals surface area contributed by atoms with E-state index in [0.29, 0.717) is 23.2 Å². The highest BCUT2D eigenvalue weighted by Gasteiger charge is 2.12. The quantitative estimate of drug-likeness (QED) is 0.302. The summed E-state index contributed by atoms with van der Waals surface area (Å²) in [4.78, 5) is 16.9. The third kappa shape index (κ3) is 5.88. The number of amides is 1. The molecule has 1 N–H and O–H groups in total. The highest BCUT2D eigenvalue weighted by molar-refractivity contribution is 7.14. The summed E-state index contributed by atoms with van der Waals surface area (Å²) in [5.41, 5.74) is 4.23. The maximum absolute atomic E-state index is 12.4. The highest BCUT2D eigenvalue weighted by atomic mass is 32.1. The number of carbonyl (C=O) groups is 1. The van der Waals surface area contributed by atoms with E-state index >= 15 is 0 Å². The van der Waals surface area contributed by atoms with Gasteiger partial charge in [0.2, 0.25) is 5.91 Å². The number of nitrogens with zero attached hydrogens (tertiary/aromatic N) is 2. The van der Waals surface area contributed by atoms with Gasteiger partial charge in [-0.1, -0.05) is 11.2 Å². The van der Waals surface area contributed by atoms with Gasteiger partial charge in [0.05, 0.1) is 31.2 Å².